The van der Waals surface area contributed by atoms with E-state index in [1.54, 1.807) is 6.92 Å². The Labute approximate surface area is 93.6 Å². The van der Waals surface area contributed by atoms with Crippen molar-refractivity contribution in [2.45, 2.75) is 31.7 Å². The average molecular weight is 224 g/mol. The number of nitrogens with one attached hydrogen (secondary N) is 2. The maximum absolute atomic E-state index is 9.60. The SMILES string of the molecule is CC(=N)c1ccc(C2CC(O)C(CO)O2)[nH]1. The summed E-state index contributed by atoms with van der Waals surface area (Å²) in [4.78, 5) is 3.08. The highest BCUT2D eigenvalue weighted by Crippen LogP contribution is 2.32. The first-order valence-electron chi connectivity index (χ1n) is 5.30. The minimum Gasteiger partial charge on any atom is -0.394 e. The van der Waals surface area contributed by atoms with Crippen LogP contribution in [0.5, 0.6) is 0 Å². The Hall–Kier alpha value is -1.17. The van der Waals surface area contributed by atoms with Gasteiger partial charge in [-0.25, -0.2) is 0 Å². The van der Waals surface area contributed by atoms with Crippen molar-refractivity contribution in [3.05, 3.63) is 23.5 Å². The van der Waals surface area contributed by atoms with Crippen LogP contribution in [0.15, 0.2) is 12.1 Å². The number of aliphatic hydroxyl groups is 2. The Kier molecular flexibility index (Phi) is 3.09. The van der Waals surface area contributed by atoms with E-state index in [0.717, 1.165) is 11.4 Å². The monoisotopic (exact) mass is 224 g/mol. The van der Waals surface area contributed by atoms with E-state index in [4.69, 9.17) is 15.3 Å². The lowest BCUT2D eigenvalue weighted by molar-refractivity contribution is -0.0234. The van der Waals surface area contributed by atoms with E-state index in [2.05, 4.69) is 4.98 Å². The second-order valence-corrected chi connectivity index (χ2v) is 4.10. The third-order valence-corrected chi connectivity index (χ3v) is 2.86. The summed E-state index contributed by atoms with van der Waals surface area (Å²) in [6.07, 6.45) is -0.872. The molecule has 1 fully saturated rings. The molecule has 0 amide bonds. The number of H-pyrrole nitrogens is 1. The molecule has 0 radical (unpaired) electrons. The quantitative estimate of drug-likeness (QED) is 0.566. The summed E-state index contributed by atoms with van der Waals surface area (Å²) in [5.74, 6) is 0. The van der Waals surface area contributed by atoms with Gasteiger partial charge in [-0.05, 0) is 19.1 Å². The number of ether oxygens (including phenoxy) is 1. The first-order chi connectivity index (χ1) is 7.61. The third-order valence-electron chi connectivity index (χ3n) is 2.86. The molecule has 0 aliphatic carbocycles. The van der Waals surface area contributed by atoms with Gasteiger partial charge in [0.25, 0.3) is 0 Å². The smallest absolute Gasteiger partial charge is 0.107 e. The minimum atomic E-state index is -0.622. The van der Waals surface area contributed by atoms with Crippen molar-refractivity contribution >= 4 is 5.71 Å². The van der Waals surface area contributed by atoms with Gasteiger partial charge < -0.3 is 25.3 Å². The molecule has 2 rings (SSSR count). The van der Waals surface area contributed by atoms with Gasteiger partial charge in [0.1, 0.15) is 12.2 Å². The highest BCUT2D eigenvalue weighted by Gasteiger charge is 2.34. The van der Waals surface area contributed by atoms with E-state index in [-0.39, 0.29) is 12.7 Å². The van der Waals surface area contributed by atoms with Gasteiger partial charge in [0.2, 0.25) is 0 Å². The van der Waals surface area contributed by atoms with Gasteiger partial charge in [0.15, 0.2) is 0 Å². The lowest BCUT2D eigenvalue weighted by Gasteiger charge is -2.10. The van der Waals surface area contributed by atoms with Crippen LogP contribution in [0.2, 0.25) is 0 Å². The molecule has 88 valence electrons. The minimum absolute atomic E-state index is 0.172. The van der Waals surface area contributed by atoms with Crippen molar-refractivity contribution in [1.29, 1.82) is 5.41 Å². The van der Waals surface area contributed by atoms with Crippen LogP contribution in [-0.2, 0) is 4.74 Å². The molecule has 5 heteroatoms. The fraction of sp³-hybridized carbons (Fsp3) is 0.545. The predicted octanol–water partition coefficient (Wildman–Crippen LogP) is 0.586. The van der Waals surface area contributed by atoms with Crippen molar-refractivity contribution in [2.24, 2.45) is 0 Å². The number of hydrogen-bond acceptors (Lipinski definition) is 4. The van der Waals surface area contributed by atoms with Crippen LogP contribution in [0.1, 0.15) is 30.8 Å². The lowest BCUT2D eigenvalue weighted by Crippen LogP contribution is -2.24. The van der Waals surface area contributed by atoms with E-state index >= 15 is 0 Å². The first-order valence-corrected chi connectivity index (χ1v) is 5.30. The van der Waals surface area contributed by atoms with Crippen LogP contribution < -0.4 is 0 Å². The van der Waals surface area contributed by atoms with Crippen LogP contribution in [0, 0.1) is 5.41 Å². The molecule has 0 spiro atoms. The predicted molar refractivity (Wildman–Crippen MR) is 58.6 cm³/mol. The van der Waals surface area contributed by atoms with Crippen LogP contribution >= 0.6 is 0 Å². The zero-order valence-corrected chi connectivity index (χ0v) is 9.10. The van der Waals surface area contributed by atoms with Crippen LogP contribution in [0.25, 0.3) is 0 Å². The fourth-order valence-corrected chi connectivity index (χ4v) is 1.91. The highest BCUT2D eigenvalue weighted by atomic mass is 16.5. The molecule has 1 aliphatic rings. The Morgan fingerprint density at radius 2 is 2.38 bits per heavy atom. The Bertz CT molecular complexity index is 388. The first kappa shape index (κ1) is 11.3. The van der Waals surface area contributed by atoms with Crippen molar-refractivity contribution in [2.75, 3.05) is 6.61 Å². The summed E-state index contributed by atoms with van der Waals surface area (Å²) in [7, 11) is 0. The molecule has 1 saturated heterocycles. The summed E-state index contributed by atoms with van der Waals surface area (Å²) >= 11 is 0. The molecule has 0 saturated carbocycles. The summed E-state index contributed by atoms with van der Waals surface area (Å²) in [6, 6.07) is 3.67. The molecule has 0 bridgehead atoms. The largest absolute Gasteiger partial charge is 0.394 e. The highest BCUT2D eigenvalue weighted by molar-refractivity contribution is 5.94. The molecule has 2 heterocycles. The van der Waals surface area contributed by atoms with Crippen LogP contribution in [0.3, 0.4) is 0 Å². The number of aliphatic hydroxyl groups excluding tert-OH is 2. The summed E-state index contributed by atoms with van der Waals surface area (Å²) in [5.41, 5.74) is 2.06. The molecule has 1 aromatic rings. The molecule has 3 atom stereocenters. The molecule has 1 aliphatic heterocycles. The number of rotatable bonds is 3. The van der Waals surface area contributed by atoms with Gasteiger partial charge in [0.05, 0.1) is 24.1 Å². The number of aromatic nitrogens is 1. The fourth-order valence-electron chi connectivity index (χ4n) is 1.91. The van der Waals surface area contributed by atoms with Gasteiger partial charge in [-0.1, -0.05) is 0 Å². The zero-order chi connectivity index (χ0) is 11.7. The van der Waals surface area contributed by atoms with Gasteiger partial charge in [-0.15, -0.1) is 0 Å². The van der Waals surface area contributed by atoms with Crippen molar-refractivity contribution in [3.8, 4) is 0 Å². The molecule has 16 heavy (non-hydrogen) atoms. The summed E-state index contributed by atoms with van der Waals surface area (Å²) in [6.45, 7) is 1.53. The van der Waals surface area contributed by atoms with Gasteiger partial charge >= 0.3 is 0 Å². The van der Waals surface area contributed by atoms with E-state index in [1.165, 1.54) is 0 Å². The number of aromatic amines is 1. The standard InChI is InChI=1S/C11H16N2O3/c1-6(12)7-2-3-8(13-7)10-4-9(15)11(5-14)16-10/h2-3,9-15H,4-5H2,1H3. The average Bonchev–Trinajstić information content (AvgIpc) is 2.83. The van der Waals surface area contributed by atoms with Gasteiger partial charge in [-0.3, -0.25) is 0 Å². The molecule has 0 aromatic carbocycles. The Morgan fingerprint density at radius 1 is 1.62 bits per heavy atom. The molecular formula is C11H16N2O3. The van der Waals surface area contributed by atoms with E-state index in [9.17, 15) is 5.11 Å². The van der Waals surface area contributed by atoms with Crippen molar-refractivity contribution in [1.82, 2.24) is 4.98 Å². The van der Waals surface area contributed by atoms with Crippen molar-refractivity contribution < 1.29 is 14.9 Å². The molecule has 3 unspecified atom stereocenters. The third kappa shape index (κ3) is 2.02. The normalized spacial score (nSPS) is 29.6. The van der Waals surface area contributed by atoms with Gasteiger partial charge in [0, 0.05) is 12.1 Å². The zero-order valence-electron chi connectivity index (χ0n) is 9.10. The van der Waals surface area contributed by atoms with E-state index in [0.29, 0.717) is 12.1 Å². The summed E-state index contributed by atoms with van der Waals surface area (Å²) < 4.78 is 5.50. The molecular weight excluding hydrogens is 208 g/mol. The number of hydrogen-bond donors (Lipinski definition) is 4. The maximum Gasteiger partial charge on any atom is 0.107 e. The molecule has 5 nitrogen and oxygen atoms in total. The van der Waals surface area contributed by atoms with E-state index < -0.39 is 12.2 Å². The summed E-state index contributed by atoms with van der Waals surface area (Å²) in [5, 5.41) is 26.0. The Morgan fingerprint density at radius 3 is 2.88 bits per heavy atom. The Balaban J connectivity index is 2.11. The second-order valence-electron chi connectivity index (χ2n) is 4.10. The maximum atomic E-state index is 9.60. The van der Waals surface area contributed by atoms with Crippen molar-refractivity contribution in [3.63, 3.8) is 0 Å². The lowest BCUT2D eigenvalue weighted by atomic mass is 10.1. The second kappa shape index (κ2) is 4.37. The van der Waals surface area contributed by atoms with Gasteiger partial charge in [-0.2, -0.15) is 0 Å². The molecule has 4 N–H and O–H groups in total. The topological polar surface area (TPSA) is 89.3 Å². The van der Waals surface area contributed by atoms with E-state index in [1.807, 2.05) is 12.1 Å². The van der Waals surface area contributed by atoms with Crippen LogP contribution in [0.4, 0.5) is 0 Å². The molecule has 1 aromatic heterocycles. The van der Waals surface area contributed by atoms with Crippen LogP contribution in [-0.4, -0.2) is 39.7 Å².